The van der Waals surface area contributed by atoms with E-state index in [9.17, 15) is 8.78 Å². The molecule has 0 radical (unpaired) electrons. The van der Waals surface area contributed by atoms with Crippen molar-refractivity contribution in [3.8, 4) is 9.75 Å². The average Bonchev–Trinajstić information content (AvgIpc) is 2.79. The van der Waals surface area contributed by atoms with Gasteiger partial charge in [0.15, 0.2) is 0 Å². The topological polar surface area (TPSA) is 0 Å². The fourth-order valence-electron chi connectivity index (χ4n) is 2.00. The zero-order valence-corrected chi connectivity index (χ0v) is 16.4. The molecule has 0 spiro atoms. The second-order valence-corrected chi connectivity index (χ2v) is 19.9. The van der Waals surface area contributed by atoms with E-state index < -0.39 is 16.1 Å². The molecule has 0 bridgehead atoms. The molecule has 0 nitrogen and oxygen atoms in total. The molecule has 0 aliphatic carbocycles. The molecule has 2 heterocycles. The molecule has 0 amide bonds. The Bertz CT molecular complexity index is 574. The van der Waals surface area contributed by atoms with Crippen molar-refractivity contribution in [2.75, 3.05) is 0 Å². The van der Waals surface area contributed by atoms with Crippen molar-refractivity contribution in [2.24, 2.45) is 0 Å². The predicted molar refractivity (Wildman–Crippen MR) is 93.5 cm³/mol. The molecule has 0 fully saturated rings. The lowest BCUT2D eigenvalue weighted by Gasteiger charge is -2.13. The minimum absolute atomic E-state index is 0.118. The van der Waals surface area contributed by atoms with Crippen LogP contribution in [0.15, 0.2) is 12.1 Å². The summed E-state index contributed by atoms with van der Waals surface area (Å²) < 4.78 is 29.9. The molecule has 0 aliphatic rings. The minimum Gasteiger partial charge on any atom is -0.206 e. The van der Waals surface area contributed by atoms with E-state index in [0.717, 1.165) is 18.8 Å². The Morgan fingerprint density at radius 1 is 0.700 bits per heavy atom. The quantitative estimate of drug-likeness (QED) is 0.697. The van der Waals surface area contributed by atoms with Crippen molar-refractivity contribution in [1.82, 2.24) is 0 Å². The van der Waals surface area contributed by atoms with Crippen LogP contribution in [0, 0.1) is 11.6 Å². The Balaban J connectivity index is 2.49. The Morgan fingerprint density at radius 2 is 1.00 bits per heavy atom. The predicted octanol–water partition coefficient (Wildman–Crippen LogP) is 4.85. The number of hydrogen-bond donors (Lipinski definition) is 0. The first-order valence-corrected chi connectivity index (χ1v) is 15.2. The lowest BCUT2D eigenvalue weighted by atomic mass is 10.4. The highest BCUT2D eigenvalue weighted by molar-refractivity contribution is 7.33. The van der Waals surface area contributed by atoms with Gasteiger partial charge in [-0.05, 0) is 12.1 Å². The fraction of sp³-hybridized carbons (Fsp3) is 0.429. The van der Waals surface area contributed by atoms with E-state index in [0.29, 0.717) is 0 Å². The molecule has 0 atom stereocenters. The second-order valence-electron chi connectivity index (χ2n) is 7.08. The number of halogens is 2. The van der Waals surface area contributed by atoms with Gasteiger partial charge in [-0.2, -0.15) is 0 Å². The van der Waals surface area contributed by atoms with Crippen LogP contribution >= 0.6 is 22.7 Å². The summed E-state index contributed by atoms with van der Waals surface area (Å²) in [5.74, 6) is -0.236. The van der Waals surface area contributed by atoms with Gasteiger partial charge in [0.1, 0.15) is 11.6 Å². The first-order chi connectivity index (χ1) is 9.00. The summed E-state index contributed by atoms with van der Waals surface area (Å²) in [6, 6.07) is 3.16. The van der Waals surface area contributed by atoms with Crippen LogP contribution in [0.1, 0.15) is 0 Å². The summed E-state index contributed by atoms with van der Waals surface area (Å²) in [5, 5.41) is 0. The first-order valence-electron chi connectivity index (χ1n) is 6.60. The zero-order chi connectivity index (χ0) is 15.3. The summed E-state index contributed by atoms with van der Waals surface area (Å²) in [5.41, 5.74) is 0. The van der Waals surface area contributed by atoms with Crippen molar-refractivity contribution in [3.05, 3.63) is 23.8 Å². The van der Waals surface area contributed by atoms with E-state index in [4.69, 9.17) is 0 Å². The third-order valence-electron chi connectivity index (χ3n) is 2.98. The SMILES string of the molecule is C[Si](C)(C)c1sc(-c2cc(F)c([Si](C)(C)C)s2)cc1F. The van der Waals surface area contributed by atoms with E-state index in [1.807, 2.05) is 0 Å². The molecule has 110 valence electrons. The van der Waals surface area contributed by atoms with E-state index >= 15 is 0 Å². The Kier molecular flexibility index (Phi) is 4.14. The molecule has 6 heteroatoms. The molecule has 2 aromatic rings. The van der Waals surface area contributed by atoms with Crippen molar-refractivity contribution in [1.29, 1.82) is 0 Å². The van der Waals surface area contributed by atoms with Crippen molar-refractivity contribution >= 4 is 47.8 Å². The van der Waals surface area contributed by atoms with E-state index in [2.05, 4.69) is 39.3 Å². The van der Waals surface area contributed by atoms with Gasteiger partial charge in [0.05, 0.1) is 16.1 Å². The lowest BCUT2D eigenvalue weighted by molar-refractivity contribution is 0.638. The highest BCUT2D eigenvalue weighted by Crippen LogP contribution is 2.32. The average molecular weight is 347 g/mol. The number of hydrogen-bond acceptors (Lipinski definition) is 2. The molecule has 2 rings (SSSR count). The Morgan fingerprint density at radius 3 is 1.20 bits per heavy atom. The van der Waals surface area contributed by atoms with Crippen LogP contribution in [0.4, 0.5) is 8.78 Å². The molecular weight excluding hydrogens is 326 g/mol. The first kappa shape index (κ1) is 16.1. The minimum atomic E-state index is -1.67. The second kappa shape index (κ2) is 5.16. The maximum absolute atomic E-state index is 14.1. The standard InChI is InChI=1S/C14H20F2S2Si2/c1-19(2,3)13-9(15)7-11(17-13)12-8-10(16)14(18-12)20(4,5)6/h7-8H,1-6H3. The van der Waals surface area contributed by atoms with Gasteiger partial charge in [-0.1, -0.05) is 39.3 Å². The van der Waals surface area contributed by atoms with Gasteiger partial charge in [0, 0.05) is 18.8 Å². The summed E-state index contributed by atoms with van der Waals surface area (Å²) in [6.45, 7) is 12.8. The third kappa shape index (κ3) is 3.13. The van der Waals surface area contributed by atoms with Crippen LogP contribution in [-0.4, -0.2) is 16.1 Å². The van der Waals surface area contributed by atoms with Gasteiger partial charge in [-0.15, -0.1) is 22.7 Å². The summed E-state index contributed by atoms with van der Waals surface area (Å²) in [7, 11) is -3.34. The third-order valence-corrected chi connectivity index (χ3v) is 12.5. The molecule has 20 heavy (non-hydrogen) atoms. The zero-order valence-electron chi connectivity index (χ0n) is 12.7. The summed E-state index contributed by atoms with van der Waals surface area (Å²) >= 11 is 3.00. The highest BCUT2D eigenvalue weighted by atomic mass is 32.1. The maximum atomic E-state index is 14.1. The largest absolute Gasteiger partial charge is 0.206 e. The molecule has 0 saturated heterocycles. The fourth-order valence-corrected chi connectivity index (χ4v) is 8.34. The molecule has 0 saturated carbocycles. The van der Waals surface area contributed by atoms with Gasteiger partial charge < -0.3 is 0 Å². The van der Waals surface area contributed by atoms with Gasteiger partial charge >= 0.3 is 0 Å². The molecule has 0 aliphatic heterocycles. The molecule has 2 aromatic heterocycles. The van der Waals surface area contributed by atoms with Gasteiger partial charge in [0.25, 0.3) is 0 Å². The van der Waals surface area contributed by atoms with Crippen LogP contribution in [0.3, 0.4) is 0 Å². The summed E-state index contributed by atoms with van der Waals surface area (Å²) in [6.07, 6.45) is 0. The van der Waals surface area contributed by atoms with Crippen LogP contribution in [-0.2, 0) is 0 Å². The molecule has 0 aromatic carbocycles. The van der Waals surface area contributed by atoms with Crippen LogP contribution in [0.5, 0.6) is 0 Å². The normalized spacial score (nSPS) is 13.0. The van der Waals surface area contributed by atoms with Crippen molar-refractivity contribution < 1.29 is 8.78 Å². The van der Waals surface area contributed by atoms with Crippen molar-refractivity contribution in [2.45, 2.75) is 39.3 Å². The van der Waals surface area contributed by atoms with E-state index in [1.54, 1.807) is 12.1 Å². The smallest absolute Gasteiger partial charge is 0.133 e. The van der Waals surface area contributed by atoms with Gasteiger partial charge in [-0.3, -0.25) is 0 Å². The highest BCUT2D eigenvalue weighted by Gasteiger charge is 2.27. The van der Waals surface area contributed by atoms with E-state index in [1.165, 1.54) is 22.7 Å². The Labute approximate surface area is 129 Å². The van der Waals surface area contributed by atoms with E-state index in [-0.39, 0.29) is 11.6 Å². The number of thiophene rings is 2. The molecule has 0 N–H and O–H groups in total. The van der Waals surface area contributed by atoms with Crippen LogP contribution in [0.25, 0.3) is 9.75 Å². The van der Waals surface area contributed by atoms with Crippen LogP contribution in [0.2, 0.25) is 39.3 Å². The maximum Gasteiger partial charge on any atom is 0.133 e. The molecular formula is C14H20F2S2Si2. The summed E-state index contributed by atoms with van der Waals surface area (Å²) in [4.78, 5) is 1.74. The van der Waals surface area contributed by atoms with Gasteiger partial charge in [0.2, 0.25) is 0 Å². The molecule has 0 unspecified atom stereocenters. The Hall–Kier alpha value is -0.306. The number of rotatable bonds is 3. The monoisotopic (exact) mass is 346 g/mol. The van der Waals surface area contributed by atoms with Crippen molar-refractivity contribution in [3.63, 3.8) is 0 Å². The lowest BCUT2D eigenvalue weighted by Crippen LogP contribution is -2.37. The van der Waals surface area contributed by atoms with Crippen LogP contribution < -0.4 is 9.00 Å². The van der Waals surface area contributed by atoms with Gasteiger partial charge in [-0.25, -0.2) is 8.78 Å².